The number of amides is 1. The highest BCUT2D eigenvalue weighted by Crippen LogP contribution is 2.42. The molecule has 0 spiro atoms. The average molecular weight is 350 g/mol. The van der Waals surface area contributed by atoms with Gasteiger partial charge in [-0.25, -0.2) is 0 Å². The monoisotopic (exact) mass is 349 g/mol. The normalized spacial score (nSPS) is 13.0. The van der Waals surface area contributed by atoms with Gasteiger partial charge in [-0.2, -0.15) is 0 Å². The van der Waals surface area contributed by atoms with Gasteiger partial charge in [-0.3, -0.25) is 4.79 Å². The number of benzene rings is 1. The second-order valence-corrected chi connectivity index (χ2v) is 9.50. The van der Waals surface area contributed by atoms with E-state index >= 15 is 0 Å². The zero-order valence-electron chi connectivity index (χ0n) is 17.3. The lowest BCUT2D eigenvalue weighted by molar-refractivity contribution is -0.135. The molecule has 0 bridgehead atoms. The molecule has 0 aliphatic rings. The summed E-state index contributed by atoms with van der Waals surface area (Å²) in [5.74, 6) is 0.266. The molecule has 25 heavy (non-hydrogen) atoms. The van der Waals surface area contributed by atoms with Crippen LogP contribution in [0.25, 0.3) is 0 Å². The maximum absolute atomic E-state index is 12.9. The van der Waals surface area contributed by atoms with E-state index in [1.165, 1.54) is 0 Å². The highest BCUT2D eigenvalue weighted by atomic mass is 16.3. The summed E-state index contributed by atoms with van der Waals surface area (Å²) in [5, 5.41) is 20.0. The molecule has 0 atom stereocenters. The van der Waals surface area contributed by atoms with Gasteiger partial charge in [0.05, 0.1) is 12.0 Å². The van der Waals surface area contributed by atoms with Crippen molar-refractivity contribution in [2.45, 2.75) is 71.6 Å². The molecule has 1 aromatic rings. The third-order valence-electron chi connectivity index (χ3n) is 4.76. The second kappa shape index (κ2) is 6.99. The number of phenols is 1. The van der Waals surface area contributed by atoms with Crippen molar-refractivity contribution in [1.29, 1.82) is 0 Å². The fourth-order valence-corrected chi connectivity index (χ4v) is 2.99. The highest BCUT2D eigenvalue weighted by molar-refractivity contribution is 5.87. The van der Waals surface area contributed by atoms with Crippen molar-refractivity contribution >= 4 is 5.91 Å². The molecule has 142 valence electrons. The zero-order valence-corrected chi connectivity index (χ0v) is 17.3. The van der Waals surface area contributed by atoms with Gasteiger partial charge in [-0.1, -0.05) is 53.7 Å². The molecule has 0 saturated carbocycles. The van der Waals surface area contributed by atoms with E-state index in [9.17, 15) is 9.90 Å². The maximum Gasteiger partial charge on any atom is 0.232 e. The fraction of sp³-hybridized carbons (Fsp3) is 0.667. The Kier molecular flexibility index (Phi) is 6.01. The van der Waals surface area contributed by atoms with Crippen LogP contribution in [-0.4, -0.2) is 41.2 Å². The van der Waals surface area contributed by atoms with Crippen molar-refractivity contribution in [2.75, 3.05) is 20.2 Å². The van der Waals surface area contributed by atoms with E-state index in [-0.39, 0.29) is 23.3 Å². The number of likely N-dealkylation sites (N-methyl/N-ethyl adjacent to an activating group) is 1. The minimum Gasteiger partial charge on any atom is -0.507 e. The van der Waals surface area contributed by atoms with E-state index in [0.717, 1.165) is 16.7 Å². The molecule has 0 heterocycles. The van der Waals surface area contributed by atoms with Crippen LogP contribution in [0.15, 0.2) is 12.1 Å². The molecule has 0 unspecified atom stereocenters. The Bertz CT molecular complexity index is 599. The molecule has 0 saturated heterocycles. The average Bonchev–Trinajstić information content (AvgIpc) is 2.44. The third-order valence-corrected chi connectivity index (χ3v) is 4.76. The Balaban J connectivity index is 3.62. The molecule has 1 aromatic carbocycles. The van der Waals surface area contributed by atoms with Gasteiger partial charge in [-0.15, -0.1) is 0 Å². The molecule has 4 nitrogen and oxygen atoms in total. The Morgan fingerprint density at radius 1 is 0.960 bits per heavy atom. The number of carbonyl (C=O) groups excluding carboxylic acids is 1. The van der Waals surface area contributed by atoms with Gasteiger partial charge < -0.3 is 15.1 Å². The van der Waals surface area contributed by atoms with Gasteiger partial charge in [0.15, 0.2) is 0 Å². The number of hydrogen-bond acceptors (Lipinski definition) is 3. The van der Waals surface area contributed by atoms with Crippen LogP contribution >= 0.6 is 0 Å². The lowest BCUT2D eigenvalue weighted by atomic mass is 9.74. The molecule has 0 fully saturated rings. The first-order chi connectivity index (χ1) is 11.1. The van der Waals surface area contributed by atoms with Crippen molar-refractivity contribution in [3.63, 3.8) is 0 Å². The lowest BCUT2D eigenvalue weighted by Gasteiger charge is -2.34. The van der Waals surface area contributed by atoms with Crippen molar-refractivity contribution < 1.29 is 15.0 Å². The lowest BCUT2D eigenvalue weighted by Crippen LogP contribution is -2.42. The minimum absolute atomic E-state index is 0.0491. The Labute approximate surface area is 152 Å². The molecule has 1 rings (SSSR count). The van der Waals surface area contributed by atoms with Gasteiger partial charge in [-0.05, 0) is 41.4 Å². The predicted molar refractivity (Wildman–Crippen MR) is 103 cm³/mol. The molecule has 1 amide bonds. The molecule has 0 radical (unpaired) electrons. The van der Waals surface area contributed by atoms with Crippen LogP contribution in [0.1, 0.15) is 72.1 Å². The summed E-state index contributed by atoms with van der Waals surface area (Å²) < 4.78 is 0. The Morgan fingerprint density at radius 3 is 1.68 bits per heavy atom. The molecular formula is C21H35NO3. The molecule has 4 heteroatoms. The van der Waals surface area contributed by atoms with E-state index in [0.29, 0.717) is 12.3 Å². The second-order valence-electron chi connectivity index (χ2n) is 9.50. The number of hydrogen-bond donors (Lipinski definition) is 2. The van der Waals surface area contributed by atoms with Crippen LogP contribution in [0.4, 0.5) is 0 Å². The maximum atomic E-state index is 12.9. The third kappa shape index (κ3) is 4.55. The number of aliphatic hydroxyl groups excluding tert-OH is 1. The SMILES string of the molecule is CN(CCO)C(=O)C(C)(C)c1cc(C(C)(C)C)c(O)c(C(C)(C)C)c1. The van der Waals surface area contributed by atoms with Crippen molar-refractivity contribution in [3.05, 3.63) is 28.8 Å². The van der Waals surface area contributed by atoms with Crippen LogP contribution in [0.5, 0.6) is 5.75 Å². The summed E-state index contributed by atoms with van der Waals surface area (Å²) in [4.78, 5) is 14.5. The number of nitrogens with zero attached hydrogens (tertiary/aromatic N) is 1. The summed E-state index contributed by atoms with van der Waals surface area (Å²) in [6.45, 7) is 16.4. The summed E-state index contributed by atoms with van der Waals surface area (Å²) in [6, 6.07) is 3.91. The van der Waals surface area contributed by atoms with E-state index in [4.69, 9.17) is 5.11 Å². The smallest absolute Gasteiger partial charge is 0.232 e. The van der Waals surface area contributed by atoms with Gasteiger partial charge >= 0.3 is 0 Å². The predicted octanol–water partition coefficient (Wildman–Crippen LogP) is 3.72. The summed E-state index contributed by atoms with van der Waals surface area (Å²) in [6.07, 6.45) is 0. The number of phenolic OH excluding ortho intramolecular Hbond substituents is 1. The van der Waals surface area contributed by atoms with Crippen molar-refractivity contribution in [2.24, 2.45) is 0 Å². The first-order valence-corrected chi connectivity index (χ1v) is 8.89. The standard InChI is InChI=1S/C21H35NO3/c1-19(2,3)15-12-14(13-16(17(15)24)20(4,5)6)21(7,8)18(25)22(9)10-11-23/h12-13,23-24H,10-11H2,1-9H3. The topological polar surface area (TPSA) is 60.8 Å². The summed E-state index contributed by atoms with van der Waals surface area (Å²) in [5.41, 5.74) is 1.35. The molecule has 0 aliphatic heterocycles. The van der Waals surface area contributed by atoms with Crippen molar-refractivity contribution in [3.8, 4) is 5.75 Å². The van der Waals surface area contributed by atoms with Gasteiger partial charge in [0.25, 0.3) is 0 Å². The highest BCUT2D eigenvalue weighted by Gasteiger charge is 2.36. The van der Waals surface area contributed by atoms with Gasteiger partial charge in [0, 0.05) is 13.6 Å². The van der Waals surface area contributed by atoms with Gasteiger partial charge in [0.1, 0.15) is 5.75 Å². The number of aromatic hydroxyl groups is 1. The number of rotatable bonds is 4. The summed E-state index contributed by atoms with van der Waals surface area (Å²) >= 11 is 0. The zero-order chi connectivity index (χ0) is 19.8. The van der Waals surface area contributed by atoms with Crippen molar-refractivity contribution in [1.82, 2.24) is 4.90 Å². The van der Waals surface area contributed by atoms with E-state index in [1.54, 1.807) is 11.9 Å². The van der Waals surface area contributed by atoms with Crippen LogP contribution in [0.2, 0.25) is 0 Å². The molecule has 0 aliphatic carbocycles. The minimum atomic E-state index is -0.752. The van der Waals surface area contributed by atoms with E-state index < -0.39 is 5.41 Å². The molecular weight excluding hydrogens is 314 g/mol. The van der Waals surface area contributed by atoms with Crippen LogP contribution < -0.4 is 0 Å². The van der Waals surface area contributed by atoms with E-state index in [2.05, 4.69) is 41.5 Å². The largest absolute Gasteiger partial charge is 0.507 e. The summed E-state index contributed by atoms with van der Waals surface area (Å²) in [7, 11) is 1.70. The Hall–Kier alpha value is -1.55. The van der Waals surface area contributed by atoms with Gasteiger partial charge in [0.2, 0.25) is 5.91 Å². The number of aliphatic hydroxyl groups is 1. The number of carbonyl (C=O) groups is 1. The molecule has 0 aromatic heterocycles. The first-order valence-electron chi connectivity index (χ1n) is 8.89. The fourth-order valence-electron chi connectivity index (χ4n) is 2.99. The quantitative estimate of drug-likeness (QED) is 0.871. The molecule has 2 N–H and O–H groups in total. The van der Waals surface area contributed by atoms with Crippen LogP contribution in [0, 0.1) is 0 Å². The van der Waals surface area contributed by atoms with Crippen LogP contribution in [0.3, 0.4) is 0 Å². The first kappa shape index (κ1) is 21.5. The van der Waals surface area contributed by atoms with Crippen LogP contribution in [-0.2, 0) is 21.0 Å². The Morgan fingerprint density at radius 2 is 1.36 bits per heavy atom. The van der Waals surface area contributed by atoms with E-state index in [1.807, 2.05) is 26.0 Å².